The van der Waals surface area contributed by atoms with E-state index < -0.39 is 23.8 Å². The first-order chi connectivity index (χ1) is 20.3. The van der Waals surface area contributed by atoms with E-state index in [9.17, 15) is 19.5 Å². The molecule has 1 N–H and O–H groups in total. The molecule has 2 aromatic rings. The molecule has 42 heavy (non-hydrogen) atoms. The Morgan fingerprint density at radius 1 is 1.19 bits per heavy atom. The fourth-order valence-corrected chi connectivity index (χ4v) is 5.88. The highest BCUT2D eigenvalue weighted by Gasteiger charge is 2.48. The van der Waals surface area contributed by atoms with E-state index in [1.807, 2.05) is 26.0 Å². The summed E-state index contributed by atoms with van der Waals surface area (Å²) >= 11 is 12.9. The van der Waals surface area contributed by atoms with Crippen LogP contribution < -0.4 is 0 Å². The van der Waals surface area contributed by atoms with Crippen LogP contribution in [0.1, 0.15) is 66.6 Å². The zero-order valence-corrected chi connectivity index (χ0v) is 25.2. The maximum atomic E-state index is 14.2. The van der Waals surface area contributed by atoms with E-state index in [1.165, 1.54) is 10.0 Å². The number of fused-ring (bicyclic) bond motifs is 1. The maximum Gasteiger partial charge on any atom is 0.273 e. The summed E-state index contributed by atoms with van der Waals surface area (Å²) in [5, 5.41) is 13.4. The quantitative estimate of drug-likeness (QED) is 0.198. The monoisotopic (exact) mass is 613 g/mol. The molecule has 11 heteroatoms. The van der Waals surface area contributed by atoms with Gasteiger partial charge in [-0.05, 0) is 62.1 Å². The van der Waals surface area contributed by atoms with Crippen LogP contribution in [0.5, 0.6) is 0 Å². The van der Waals surface area contributed by atoms with Crippen LogP contribution in [-0.2, 0) is 14.4 Å². The minimum Gasteiger partial charge on any atom is -0.528 e. The SMILES string of the molecule is C/C=C\C=NC(C)CO[N-]CC(=O)C1c2ccccc2C(=O)N(N2CCCCC(CO)C2=O)C1c1ccc(Cl)cc1Cl. The predicted octanol–water partition coefficient (Wildman–Crippen LogP) is 5.72. The third-order valence-electron chi connectivity index (χ3n) is 7.44. The summed E-state index contributed by atoms with van der Waals surface area (Å²) in [5.41, 5.74) is 5.34. The van der Waals surface area contributed by atoms with Crippen molar-refractivity contribution in [2.24, 2.45) is 10.9 Å². The third-order valence-corrected chi connectivity index (χ3v) is 8.01. The van der Waals surface area contributed by atoms with Gasteiger partial charge in [0.05, 0.1) is 30.5 Å². The van der Waals surface area contributed by atoms with Gasteiger partial charge in [0.25, 0.3) is 5.91 Å². The normalized spacial score (nSPS) is 22.1. The molecule has 4 atom stereocenters. The Morgan fingerprint density at radius 2 is 1.98 bits per heavy atom. The molecule has 0 aromatic heterocycles. The van der Waals surface area contributed by atoms with Gasteiger partial charge >= 0.3 is 0 Å². The van der Waals surface area contributed by atoms with E-state index >= 15 is 0 Å². The van der Waals surface area contributed by atoms with Crippen LogP contribution in [-0.4, -0.2) is 71.3 Å². The van der Waals surface area contributed by atoms with Gasteiger partial charge in [0.2, 0.25) is 5.91 Å². The molecule has 0 saturated carbocycles. The Labute approximate surface area is 256 Å². The lowest BCUT2D eigenvalue weighted by molar-refractivity contribution is -0.155. The fraction of sp³-hybridized carbons (Fsp3) is 0.419. The Hall–Kier alpha value is -3.08. The van der Waals surface area contributed by atoms with Crippen LogP contribution in [0.2, 0.25) is 10.0 Å². The van der Waals surface area contributed by atoms with E-state index in [4.69, 9.17) is 28.0 Å². The second-order valence-corrected chi connectivity index (χ2v) is 11.2. The van der Waals surface area contributed by atoms with Crippen molar-refractivity contribution in [3.8, 4) is 0 Å². The number of Topliss-reactive ketones (excluding diaryl/α,β-unsaturated/α-hetero) is 1. The molecular weight excluding hydrogens is 579 g/mol. The molecule has 1 saturated heterocycles. The number of carbonyl (C=O) groups is 3. The molecule has 0 aliphatic carbocycles. The van der Waals surface area contributed by atoms with Gasteiger partial charge in [-0.2, -0.15) is 0 Å². The number of hydrazine groups is 1. The fourth-order valence-electron chi connectivity index (χ4n) is 5.36. The number of benzene rings is 2. The van der Waals surface area contributed by atoms with Crippen molar-refractivity contribution >= 4 is 47.0 Å². The topological polar surface area (TPSA) is 114 Å². The van der Waals surface area contributed by atoms with E-state index in [0.717, 1.165) is 0 Å². The minimum absolute atomic E-state index is 0.169. The Morgan fingerprint density at radius 3 is 2.71 bits per heavy atom. The largest absolute Gasteiger partial charge is 0.528 e. The van der Waals surface area contributed by atoms with Crippen molar-refractivity contribution < 1.29 is 24.3 Å². The second-order valence-electron chi connectivity index (χ2n) is 10.4. The average Bonchev–Trinajstić information content (AvgIpc) is 3.16. The summed E-state index contributed by atoms with van der Waals surface area (Å²) in [4.78, 5) is 51.6. The number of nitrogens with zero attached hydrogens (tertiary/aromatic N) is 4. The van der Waals surface area contributed by atoms with Crippen molar-refractivity contribution in [3.05, 3.63) is 86.8 Å². The summed E-state index contributed by atoms with van der Waals surface area (Å²) in [7, 11) is 0. The highest BCUT2D eigenvalue weighted by atomic mass is 35.5. The second kappa shape index (κ2) is 14.9. The number of amides is 2. The number of hydrogen-bond acceptors (Lipinski definition) is 6. The molecule has 2 aromatic carbocycles. The zero-order valence-electron chi connectivity index (χ0n) is 23.7. The maximum absolute atomic E-state index is 14.2. The lowest BCUT2D eigenvalue weighted by Crippen LogP contribution is -2.57. The molecule has 4 unspecified atom stereocenters. The first kappa shape index (κ1) is 31.8. The number of hydroxylamine groups is 1. The van der Waals surface area contributed by atoms with Crippen molar-refractivity contribution in [3.63, 3.8) is 0 Å². The molecule has 9 nitrogen and oxygen atoms in total. The molecule has 0 spiro atoms. The van der Waals surface area contributed by atoms with Crippen molar-refractivity contribution in [1.82, 2.24) is 10.0 Å². The molecule has 0 radical (unpaired) electrons. The molecule has 224 valence electrons. The summed E-state index contributed by atoms with van der Waals surface area (Å²) in [6.45, 7) is 3.58. The number of ketones is 1. The average molecular weight is 615 g/mol. The number of hydrogen-bond donors (Lipinski definition) is 1. The molecule has 2 amide bonds. The van der Waals surface area contributed by atoms with Crippen LogP contribution in [0.25, 0.3) is 5.48 Å². The number of aliphatic hydroxyl groups is 1. The van der Waals surface area contributed by atoms with E-state index in [0.29, 0.717) is 41.0 Å². The van der Waals surface area contributed by atoms with Crippen LogP contribution in [0.15, 0.2) is 59.6 Å². The molecule has 2 aliphatic rings. The van der Waals surface area contributed by atoms with E-state index in [-0.39, 0.29) is 49.1 Å². The smallest absolute Gasteiger partial charge is 0.273 e. The van der Waals surface area contributed by atoms with Gasteiger partial charge in [0, 0.05) is 35.0 Å². The standard InChI is InChI=1S/C31H35Cl2N4O5/c1-3-4-14-34-20(2)19-42-35-17-27(39)28-23-10-5-6-11-24(23)31(41)37(29(28)25-13-12-22(32)16-26(25)33)36-15-8-7-9-21(18-38)30(36)40/h3-6,10-14,16,20-21,28-29,38H,7-9,15,17-19H2,1-2H3/q-1/b4-3-,34-14?. The molecule has 2 aliphatic heterocycles. The van der Waals surface area contributed by atoms with Gasteiger partial charge in [-0.1, -0.05) is 66.5 Å². The van der Waals surface area contributed by atoms with Crippen molar-refractivity contribution in [1.29, 1.82) is 0 Å². The number of rotatable bonds is 11. The minimum atomic E-state index is -0.967. The van der Waals surface area contributed by atoms with E-state index in [2.05, 4.69) is 10.5 Å². The summed E-state index contributed by atoms with van der Waals surface area (Å²) in [6, 6.07) is 10.6. The molecular formula is C31H35Cl2N4O5-. The van der Waals surface area contributed by atoms with Crippen molar-refractivity contribution in [2.45, 2.75) is 51.1 Å². The Balaban J connectivity index is 1.73. The van der Waals surface area contributed by atoms with Gasteiger partial charge in [-0.15, -0.1) is 0 Å². The number of halogens is 2. The molecule has 2 heterocycles. The lowest BCUT2D eigenvalue weighted by Gasteiger charge is -2.47. The molecule has 1 fully saturated rings. The highest BCUT2D eigenvalue weighted by molar-refractivity contribution is 6.35. The van der Waals surface area contributed by atoms with Gasteiger partial charge < -0.3 is 20.2 Å². The van der Waals surface area contributed by atoms with Crippen molar-refractivity contribution in [2.75, 3.05) is 26.3 Å². The van der Waals surface area contributed by atoms with Crippen LogP contribution in [0, 0.1) is 5.92 Å². The van der Waals surface area contributed by atoms with Crippen LogP contribution >= 0.6 is 23.2 Å². The Bertz CT molecular complexity index is 1350. The number of aliphatic hydroxyl groups excluding tert-OH is 1. The first-order valence-corrected chi connectivity index (χ1v) is 14.8. The third kappa shape index (κ3) is 7.10. The number of carbonyl (C=O) groups excluding carboxylic acids is 3. The predicted molar refractivity (Wildman–Crippen MR) is 163 cm³/mol. The van der Waals surface area contributed by atoms with Crippen LogP contribution in [0.4, 0.5) is 0 Å². The molecule has 0 bridgehead atoms. The van der Waals surface area contributed by atoms with Gasteiger partial charge in [0.1, 0.15) is 5.78 Å². The Kier molecular flexibility index (Phi) is 11.3. The summed E-state index contributed by atoms with van der Waals surface area (Å²) in [6.07, 6.45) is 7.20. The molecule has 4 rings (SSSR count). The highest BCUT2D eigenvalue weighted by Crippen LogP contribution is 2.47. The number of allylic oxidation sites excluding steroid dienone is 2. The van der Waals surface area contributed by atoms with Gasteiger partial charge in [-0.3, -0.25) is 19.6 Å². The van der Waals surface area contributed by atoms with Crippen LogP contribution in [0.3, 0.4) is 0 Å². The van der Waals surface area contributed by atoms with Gasteiger partial charge in [0.15, 0.2) is 0 Å². The zero-order chi connectivity index (χ0) is 30.2. The first-order valence-electron chi connectivity index (χ1n) is 14.0. The number of aliphatic imine (C=N–C) groups is 1. The van der Waals surface area contributed by atoms with E-state index in [1.54, 1.807) is 48.7 Å². The summed E-state index contributed by atoms with van der Waals surface area (Å²) in [5.74, 6) is -2.70. The lowest BCUT2D eigenvalue weighted by atomic mass is 9.78. The summed E-state index contributed by atoms with van der Waals surface area (Å²) < 4.78 is 0. The van der Waals surface area contributed by atoms with Gasteiger partial charge in [-0.25, -0.2) is 5.01 Å².